The molecule has 0 amide bonds. The minimum atomic E-state index is -5.09. The number of carbonyl (C=O) groups is 1. The molecule has 0 aliphatic heterocycles. The van der Waals surface area contributed by atoms with Crippen LogP contribution in [0.5, 0.6) is 0 Å². The van der Waals surface area contributed by atoms with Gasteiger partial charge in [0.15, 0.2) is 11.5 Å². The van der Waals surface area contributed by atoms with Gasteiger partial charge in [-0.2, -0.15) is 13.2 Å². The molecule has 0 spiro atoms. The molecule has 1 rings (SSSR count). The van der Waals surface area contributed by atoms with Gasteiger partial charge < -0.3 is 0 Å². The lowest BCUT2D eigenvalue weighted by Crippen LogP contribution is -2.24. The summed E-state index contributed by atoms with van der Waals surface area (Å²) >= 11 is 0. The van der Waals surface area contributed by atoms with Crippen molar-refractivity contribution < 1.29 is 22.4 Å². The molecule has 0 radical (unpaired) electrons. The van der Waals surface area contributed by atoms with Crippen molar-refractivity contribution in [1.29, 1.82) is 0 Å². The summed E-state index contributed by atoms with van der Waals surface area (Å²) in [6.07, 6.45) is -4.17. The molecule has 0 aliphatic rings. The van der Waals surface area contributed by atoms with Crippen molar-refractivity contribution in [3.8, 4) is 0 Å². The van der Waals surface area contributed by atoms with Crippen LogP contribution in [0.2, 0.25) is 0 Å². The van der Waals surface area contributed by atoms with Crippen molar-refractivity contribution in [1.82, 2.24) is 4.98 Å². The number of nitrogens with zero attached hydrogens (tertiary/aromatic N) is 1. The van der Waals surface area contributed by atoms with Crippen LogP contribution in [0.1, 0.15) is 10.5 Å². The van der Waals surface area contributed by atoms with E-state index in [9.17, 15) is 22.4 Å². The third kappa shape index (κ3) is 2.01. The van der Waals surface area contributed by atoms with Crippen molar-refractivity contribution >= 4 is 5.78 Å². The van der Waals surface area contributed by atoms with Gasteiger partial charge in [0.1, 0.15) is 0 Å². The highest BCUT2D eigenvalue weighted by atomic mass is 19.4. The van der Waals surface area contributed by atoms with Crippen LogP contribution >= 0.6 is 0 Å². The van der Waals surface area contributed by atoms with E-state index in [1.165, 1.54) is 0 Å². The van der Waals surface area contributed by atoms with Gasteiger partial charge in [0.05, 0.1) is 0 Å². The van der Waals surface area contributed by atoms with E-state index in [2.05, 4.69) is 4.98 Å². The van der Waals surface area contributed by atoms with E-state index in [0.717, 1.165) is 18.3 Å². The van der Waals surface area contributed by atoms with E-state index in [1.54, 1.807) is 0 Å². The third-order valence-corrected chi connectivity index (χ3v) is 1.23. The summed E-state index contributed by atoms with van der Waals surface area (Å²) in [5, 5.41) is 0. The van der Waals surface area contributed by atoms with Crippen LogP contribution in [-0.2, 0) is 0 Å². The fraction of sp³-hybridized carbons (Fsp3) is 0.143. The fourth-order valence-electron chi connectivity index (χ4n) is 0.687. The molecule has 1 aromatic heterocycles. The second kappa shape index (κ2) is 3.12. The Labute approximate surface area is 70.2 Å². The molecule has 13 heavy (non-hydrogen) atoms. The molecule has 0 bridgehead atoms. The Kier molecular flexibility index (Phi) is 2.31. The van der Waals surface area contributed by atoms with E-state index < -0.39 is 23.5 Å². The van der Waals surface area contributed by atoms with Crippen LogP contribution in [0.15, 0.2) is 18.3 Å². The molecule has 0 atom stereocenters. The number of pyridine rings is 1. The fourth-order valence-corrected chi connectivity index (χ4v) is 0.687. The Morgan fingerprint density at radius 1 is 1.38 bits per heavy atom. The third-order valence-electron chi connectivity index (χ3n) is 1.23. The van der Waals surface area contributed by atoms with Crippen molar-refractivity contribution in [3.05, 3.63) is 29.8 Å². The maximum atomic E-state index is 12.6. The minimum absolute atomic E-state index is 0.742. The van der Waals surface area contributed by atoms with E-state index in [1.807, 2.05) is 0 Å². The molecule has 0 aliphatic carbocycles. The maximum Gasteiger partial charge on any atom is 0.456 e. The number of alkyl halides is 3. The molecule has 70 valence electrons. The number of Topliss-reactive ketones (excluding diaryl/α,β-unsaturated/α-hetero) is 1. The Morgan fingerprint density at radius 3 is 2.46 bits per heavy atom. The topological polar surface area (TPSA) is 30.0 Å². The number of hydrogen-bond donors (Lipinski definition) is 0. The summed E-state index contributed by atoms with van der Waals surface area (Å²) in [6.45, 7) is 0. The Morgan fingerprint density at radius 2 is 2.00 bits per heavy atom. The summed E-state index contributed by atoms with van der Waals surface area (Å²) < 4.78 is 47.9. The summed E-state index contributed by atoms with van der Waals surface area (Å²) in [7, 11) is 0. The summed E-state index contributed by atoms with van der Waals surface area (Å²) in [5.41, 5.74) is -1.20. The molecule has 0 saturated heterocycles. The molecule has 6 heteroatoms. The highest BCUT2D eigenvalue weighted by molar-refractivity contribution is 5.98. The van der Waals surface area contributed by atoms with Gasteiger partial charge in [-0.25, -0.2) is 9.37 Å². The van der Waals surface area contributed by atoms with Gasteiger partial charge in [0.2, 0.25) is 0 Å². The lowest BCUT2D eigenvalue weighted by atomic mass is 10.2. The number of ketones is 1. The van der Waals surface area contributed by atoms with E-state index in [-0.39, 0.29) is 0 Å². The van der Waals surface area contributed by atoms with Crippen molar-refractivity contribution in [3.63, 3.8) is 0 Å². The van der Waals surface area contributed by atoms with Crippen molar-refractivity contribution in [2.45, 2.75) is 6.18 Å². The Bertz CT molecular complexity index is 334. The summed E-state index contributed by atoms with van der Waals surface area (Å²) in [6, 6.07) is 1.84. The second-order valence-corrected chi connectivity index (χ2v) is 2.16. The zero-order valence-electron chi connectivity index (χ0n) is 6.10. The maximum absolute atomic E-state index is 12.6. The quantitative estimate of drug-likeness (QED) is 0.504. The first-order chi connectivity index (χ1) is 5.93. The van der Waals surface area contributed by atoms with Gasteiger partial charge in [-0.15, -0.1) is 0 Å². The molecule has 1 aromatic rings. The minimum Gasteiger partial charge on any atom is -0.282 e. The number of rotatable bonds is 1. The Balaban J connectivity index is 3.10. The predicted molar refractivity (Wildman–Crippen MR) is 34.6 cm³/mol. The summed E-state index contributed by atoms with van der Waals surface area (Å²) in [5.74, 6) is -3.55. The summed E-state index contributed by atoms with van der Waals surface area (Å²) in [4.78, 5) is 13.5. The second-order valence-electron chi connectivity index (χ2n) is 2.16. The molecule has 0 saturated carbocycles. The standard InChI is InChI=1S/C7H3F4NO/c8-4-2-1-3-12-5(4)6(13)7(9,10)11/h1-3H. The number of hydrogen-bond acceptors (Lipinski definition) is 2. The highest BCUT2D eigenvalue weighted by Crippen LogP contribution is 2.21. The molecule has 0 unspecified atom stereocenters. The molecule has 0 fully saturated rings. The largest absolute Gasteiger partial charge is 0.456 e. The van der Waals surface area contributed by atoms with Crippen LogP contribution in [0.25, 0.3) is 0 Å². The van der Waals surface area contributed by atoms with Gasteiger partial charge in [0, 0.05) is 6.20 Å². The molecule has 2 nitrogen and oxygen atoms in total. The van der Waals surface area contributed by atoms with Gasteiger partial charge in [-0.3, -0.25) is 4.79 Å². The van der Waals surface area contributed by atoms with Crippen LogP contribution < -0.4 is 0 Å². The van der Waals surface area contributed by atoms with Crippen LogP contribution in [0, 0.1) is 5.82 Å². The first-order valence-corrected chi connectivity index (χ1v) is 3.15. The molecular formula is C7H3F4NO. The number of carbonyl (C=O) groups excluding carboxylic acids is 1. The first-order valence-electron chi connectivity index (χ1n) is 3.15. The lowest BCUT2D eigenvalue weighted by Gasteiger charge is -2.03. The zero-order valence-corrected chi connectivity index (χ0v) is 6.10. The number of aromatic nitrogens is 1. The highest BCUT2D eigenvalue weighted by Gasteiger charge is 2.41. The van der Waals surface area contributed by atoms with Crippen molar-refractivity contribution in [2.75, 3.05) is 0 Å². The first kappa shape index (κ1) is 9.63. The molecule has 1 heterocycles. The molecule has 0 aromatic carbocycles. The zero-order chi connectivity index (χ0) is 10.1. The van der Waals surface area contributed by atoms with Gasteiger partial charge >= 0.3 is 6.18 Å². The predicted octanol–water partition coefficient (Wildman–Crippen LogP) is 1.97. The van der Waals surface area contributed by atoms with Gasteiger partial charge in [-0.05, 0) is 12.1 Å². The van der Waals surface area contributed by atoms with Gasteiger partial charge in [-0.1, -0.05) is 0 Å². The average Bonchev–Trinajstić information content (AvgIpc) is 2.02. The number of halogens is 4. The van der Waals surface area contributed by atoms with E-state index >= 15 is 0 Å². The van der Waals surface area contributed by atoms with E-state index in [4.69, 9.17) is 0 Å². The van der Waals surface area contributed by atoms with E-state index in [0.29, 0.717) is 0 Å². The monoisotopic (exact) mass is 193 g/mol. The molecule has 0 N–H and O–H groups in total. The SMILES string of the molecule is O=C(c1ncccc1F)C(F)(F)F. The van der Waals surface area contributed by atoms with Crippen molar-refractivity contribution in [2.24, 2.45) is 0 Å². The van der Waals surface area contributed by atoms with Gasteiger partial charge in [0.25, 0.3) is 5.78 Å². The van der Waals surface area contributed by atoms with Crippen LogP contribution in [-0.4, -0.2) is 16.9 Å². The molecular weight excluding hydrogens is 190 g/mol. The normalized spacial score (nSPS) is 11.4. The van der Waals surface area contributed by atoms with Crippen LogP contribution in [0.4, 0.5) is 17.6 Å². The smallest absolute Gasteiger partial charge is 0.282 e. The Hall–Kier alpha value is -1.46. The lowest BCUT2D eigenvalue weighted by molar-refractivity contribution is -0.0890. The van der Waals surface area contributed by atoms with Crippen LogP contribution in [0.3, 0.4) is 0 Å². The average molecular weight is 193 g/mol.